The second-order valence-electron chi connectivity index (χ2n) is 6.25. The molecule has 3 atom stereocenters. The summed E-state index contributed by atoms with van der Waals surface area (Å²) in [5.74, 6) is -0.281. The molecule has 2 N–H and O–H groups in total. The fourth-order valence-electron chi connectivity index (χ4n) is 3.86. The number of hydrogen-bond donors (Lipinski definition) is 2. The van der Waals surface area contributed by atoms with Crippen LogP contribution in [0.1, 0.15) is 39.9 Å². The summed E-state index contributed by atoms with van der Waals surface area (Å²) in [4.78, 5) is 11.7. The Bertz CT molecular complexity index is 862. The number of benzene rings is 2. The molecule has 1 aliphatic heterocycles. The summed E-state index contributed by atoms with van der Waals surface area (Å²) in [6.45, 7) is 0. The maximum absolute atomic E-state index is 11.7. The molecule has 5 heteroatoms. The topological polar surface area (TPSA) is 49.3 Å². The molecule has 1 heterocycles. The van der Waals surface area contributed by atoms with Crippen molar-refractivity contribution in [2.24, 2.45) is 5.92 Å². The van der Waals surface area contributed by atoms with Gasteiger partial charge in [-0.3, -0.25) is 0 Å². The maximum atomic E-state index is 11.7. The molecule has 122 valence electrons. The summed E-state index contributed by atoms with van der Waals surface area (Å²) in [6.07, 6.45) is 5.41. The van der Waals surface area contributed by atoms with Crippen LogP contribution in [0.5, 0.6) is 0 Å². The first kappa shape index (κ1) is 15.9. The molecule has 0 saturated carbocycles. The average molecular weight is 449 g/mol. The lowest BCUT2D eigenvalue weighted by Crippen LogP contribution is -2.30. The maximum Gasteiger partial charge on any atom is 0.337 e. The number of halogens is 2. The SMILES string of the molecule is O=C(O)c1cc(Br)cc2c1N[C@H](c1cccc(Br)c1)[C@@H]1CC=C[C@H]21. The van der Waals surface area contributed by atoms with Gasteiger partial charge in [0, 0.05) is 14.9 Å². The molecule has 4 rings (SSSR count). The van der Waals surface area contributed by atoms with Gasteiger partial charge in [-0.25, -0.2) is 4.79 Å². The number of fused-ring (bicyclic) bond motifs is 3. The Balaban J connectivity index is 1.87. The van der Waals surface area contributed by atoms with E-state index >= 15 is 0 Å². The molecule has 0 saturated heterocycles. The van der Waals surface area contributed by atoms with Gasteiger partial charge in [-0.15, -0.1) is 0 Å². The van der Waals surface area contributed by atoms with Gasteiger partial charge in [-0.2, -0.15) is 0 Å². The number of rotatable bonds is 2. The highest BCUT2D eigenvalue weighted by atomic mass is 79.9. The minimum Gasteiger partial charge on any atom is -0.478 e. The Morgan fingerprint density at radius 1 is 1.17 bits per heavy atom. The number of carboxylic acid groups (broad SMARTS) is 1. The van der Waals surface area contributed by atoms with Crippen molar-refractivity contribution in [2.45, 2.75) is 18.4 Å². The van der Waals surface area contributed by atoms with E-state index in [9.17, 15) is 9.90 Å². The van der Waals surface area contributed by atoms with Crippen LogP contribution in [0.25, 0.3) is 0 Å². The molecule has 2 aromatic rings. The number of carbonyl (C=O) groups is 1. The van der Waals surface area contributed by atoms with E-state index in [4.69, 9.17) is 0 Å². The van der Waals surface area contributed by atoms with Crippen molar-refractivity contribution in [2.75, 3.05) is 5.32 Å². The Morgan fingerprint density at radius 3 is 2.75 bits per heavy atom. The third-order valence-electron chi connectivity index (χ3n) is 4.87. The minimum atomic E-state index is -0.909. The van der Waals surface area contributed by atoms with Gasteiger partial charge in [0.25, 0.3) is 0 Å². The molecule has 2 aliphatic rings. The second kappa shape index (κ2) is 6.05. The first-order chi connectivity index (χ1) is 11.5. The van der Waals surface area contributed by atoms with E-state index in [0.29, 0.717) is 11.5 Å². The molecular weight excluding hydrogens is 434 g/mol. The summed E-state index contributed by atoms with van der Waals surface area (Å²) in [5.41, 5.74) is 3.29. The average Bonchev–Trinajstić information content (AvgIpc) is 3.03. The quantitative estimate of drug-likeness (QED) is 0.576. The molecular formula is C19H15Br2NO2. The van der Waals surface area contributed by atoms with Crippen LogP contribution in [0, 0.1) is 5.92 Å². The molecule has 0 radical (unpaired) electrons. The first-order valence-electron chi connectivity index (χ1n) is 7.80. The number of aromatic carboxylic acids is 1. The lowest BCUT2D eigenvalue weighted by atomic mass is 9.76. The minimum absolute atomic E-state index is 0.0919. The van der Waals surface area contributed by atoms with Gasteiger partial charge < -0.3 is 10.4 Å². The Kier molecular flexibility index (Phi) is 4.01. The Morgan fingerprint density at radius 2 is 2.00 bits per heavy atom. The molecule has 0 spiro atoms. The van der Waals surface area contributed by atoms with E-state index < -0.39 is 5.97 Å². The number of carboxylic acids is 1. The Labute approximate surface area is 157 Å². The summed E-state index contributed by atoms with van der Waals surface area (Å²) in [7, 11) is 0. The third kappa shape index (κ3) is 2.60. The third-order valence-corrected chi connectivity index (χ3v) is 5.82. The van der Waals surface area contributed by atoms with Crippen molar-refractivity contribution >= 4 is 43.5 Å². The van der Waals surface area contributed by atoms with Crippen LogP contribution in [-0.4, -0.2) is 11.1 Å². The molecule has 0 fully saturated rings. The molecule has 0 amide bonds. The molecule has 24 heavy (non-hydrogen) atoms. The fourth-order valence-corrected chi connectivity index (χ4v) is 4.76. The van der Waals surface area contributed by atoms with E-state index in [1.54, 1.807) is 6.07 Å². The zero-order chi connectivity index (χ0) is 16.8. The lowest BCUT2D eigenvalue weighted by Gasteiger charge is -2.38. The Hall–Kier alpha value is -1.59. The largest absolute Gasteiger partial charge is 0.478 e. The van der Waals surface area contributed by atoms with E-state index in [1.165, 1.54) is 5.56 Å². The van der Waals surface area contributed by atoms with Crippen molar-refractivity contribution in [1.29, 1.82) is 0 Å². The summed E-state index contributed by atoms with van der Waals surface area (Å²) < 4.78 is 1.84. The molecule has 2 aromatic carbocycles. The first-order valence-corrected chi connectivity index (χ1v) is 9.38. The van der Waals surface area contributed by atoms with Gasteiger partial charge in [0.1, 0.15) is 0 Å². The van der Waals surface area contributed by atoms with Crippen molar-refractivity contribution < 1.29 is 9.90 Å². The van der Waals surface area contributed by atoms with Crippen LogP contribution in [-0.2, 0) is 0 Å². The smallest absolute Gasteiger partial charge is 0.337 e. The van der Waals surface area contributed by atoms with Crippen LogP contribution >= 0.6 is 31.9 Å². The van der Waals surface area contributed by atoms with Crippen molar-refractivity contribution in [3.8, 4) is 0 Å². The highest BCUT2D eigenvalue weighted by Crippen LogP contribution is 2.51. The van der Waals surface area contributed by atoms with Gasteiger partial charge in [0.05, 0.1) is 17.3 Å². The van der Waals surface area contributed by atoms with Gasteiger partial charge in [0.15, 0.2) is 0 Å². The zero-order valence-electron chi connectivity index (χ0n) is 12.7. The summed E-state index contributed by atoms with van der Waals surface area (Å²) >= 11 is 6.99. The number of anilines is 1. The van der Waals surface area contributed by atoms with Crippen molar-refractivity contribution in [1.82, 2.24) is 0 Å². The van der Waals surface area contributed by atoms with Crippen LogP contribution in [0.2, 0.25) is 0 Å². The van der Waals surface area contributed by atoms with Gasteiger partial charge >= 0.3 is 5.97 Å². The van der Waals surface area contributed by atoms with Crippen LogP contribution in [0.4, 0.5) is 5.69 Å². The van der Waals surface area contributed by atoms with E-state index in [0.717, 1.165) is 26.6 Å². The number of allylic oxidation sites excluding steroid dienone is 2. The molecule has 1 aliphatic carbocycles. The predicted molar refractivity (Wildman–Crippen MR) is 102 cm³/mol. The van der Waals surface area contributed by atoms with Gasteiger partial charge in [-0.1, -0.05) is 56.1 Å². The lowest BCUT2D eigenvalue weighted by molar-refractivity contribution is 0.0697. The van der Waals surface area contributed by atoms with Gasteiger partial charge in [-0.05, 0) is 47.7 Å². The summed E-state index contributed by atoms with van der Waals surface area (Å²) in [5, 5.41) is 13.1. The normalized spacial score (nSPS) is 24.2. The van der Waals surface area contributed by atoms with Crippen molar-refractivity contribution in [3.63, 3.8) is 0 Å². The molecule has 3 nitrogen and oxygen atoms in total. The molecule has 0 bridgehead atoms. The van der Waals surface area contributed by atoms with Crippen LogP contribution < -0.4 is 5.32 Å². The monoisotopic (exact) mass is 447 g/mol. The summed E-state index contributed by atoms with van der Waals surface area (Å²) in [6, 6.07) is 12.0. The number of nitrogens with one attached hydrogen (secondary N) is 1. The van der Waals surface area contributed by atoms with Crippen molar-refractivity contribution in [3.05, 3.63) is 74.2 Å². The van der Waals surface area contributed by atoms with Gasteiger partial charge in [0.2, 0.25) is 0 Å². The van der Waals surface area contributed by atoms with E-state index in [2.05, 4.69) is 61.5 Å². The van der Waals surface area contributed by atoms with Crippen LogP contribution in [0.3, 0.4) is 0 Å². The predicted octanol–water partition coefficient (Wildman–Crippen LogP) is 5.74. The highest BCUT2D eigenvalue weighted by Gasteiger charge is 2.39. The van der Waals surface area contributed by atoms with E-state index in [-0.39, 0.29) is 12.0 Å². The standard InChI is InChI=1S/C19H15Br2NO2/c20-11-4-1-3-10(7-11)17-14-6-2-5-13(14)15-8-12(21)9-16(19(23)24)18(15)22-17/h1-5,7-9,13-14,17,22H,6H2,(H,23,24)/t13-,14+,17+/m0/s1. The van der Waals surface area contributed by atoms with E-state index in [1.807, 2.05) is 18.2 Å². The fraction of sp³-hybridized carbons (Fsp3) is 0.211. The second-order valence-corrected chi connectivity index (χ2v) is 8.08. The van der Waals surface area contributed by atoms with Crippen LogP contribution in [0.15, 0.2) is 57.5 Å². The zero-order valence-corrected chi connectivity index (χ0v) is 15.8. The molecule has 0 aromatic heterocycles. The molecule has 0 unspecified atom stereocenters. The highest BCUT2D eigenvalue weighted by molar-refractivity contribution is 9.10. The number of hydrogen-bond acceptors (Lipinski definition) is 2.